The van der Waals surface area contributed by atoms with Crippen LogP contribution in [0.5, 0.6) is 0 Å². The first kappa shape index (κ1) is 8.25. The predicted molar refractivity (Wildman–Crippen MR) is 41.2 cm³/mol. The summed E-state index contributed by atoms with van der Waals surface area (Å²) in [6, 6.07) is 0. The second-order valence-electron chi connectivity index (χ2n) is 2.21. The molecule has 1 aliphatic carbocycles. The highest BCUT2D eigenvalue weighted by Gasteiger charge is 2.21. The van der Waals surface area contributed by atoms with Gasteiger partial charge in [0.2, 0.25) is 0 Å². The van der Waals surface area contributed by atoms with Crippen LogP contribution in [-0.2, 0) is 0 Å². The number of allylic oxidation sites excluding steroid dienone is 2. The molecule has 3 N–H and O–H groups in total. The summed E-state index contributed by atoms with van der Waals surface area (Å²) in [5, 5.41) is 21.5. The molecule has 0 amide bonds. The SMILES string of the molecule is NC1=C([N+](=O)[O-])CC=CC1=NO. The zero-order valence-corrected chi connectivity index (χ0v) is 6.10. The van der Waals surface area contributed by atoms with Gasteiger partial charge in [0.1, 0.15) is 11.4 Å². The van der Waals surface area contributed by atoms with Gasteiger partial charge in [-0.1, -0.05) is 11.2 Å². The second kappa shape index (κ2) is 3.04. The van der Waals surface area contributed by atoms with Gasteiger partial charge in [-0.3, -0.25) is 10.1 Å². The van der Waals surface area contributed by atoms with Gasteiger partial charge < -0.3 is 10.9 Å². The molecule has 1 aliphatic rings. The van der Waals surface area contributed by atoms with Gasteiger partial charge in [0.05, 0.1) is 11.3 Å². The fourth-order valence-electron chi connectivity index (χ4n) is 0.890. The monoisotopic (exact) mass is 169 g/mol. The largest absolute Gasteiger partial charge is 0.410 e. The van der Waals surface area contributed by atoms with Gasteiger partial charge in [-0.05, 0) is 6.08 Å². The van der Waals surface area contributed by atoms with Crippen LogP contribution in [0.4, 0.5) is 0 Å². The Morgan fingerprint density at radius 1 is 1.75 bits per heavy atom. The Morgan fingerprint density at radius 2 is 2.42 bits per heavy atom. The molecule has 0 saturated carbocycles. The van der Waals surface area contributed by atoms with Gasteiger partial charge in [-0.15, -0.1) is 0 Å². The topological polar surface area (TPSA) is 102 Å². The average Bonchev–Trinajstić information content (AvgIpc) is 2.04. The zero-order valence-electron chi connectivity index (χ0n) is 6.10. The van der Waals surface area contributed by atoms with E-state index in [-0.39, 0.29) is 23.5 Å². The summed E-state index contributed by atoms with van der Waals surface area (Å²) in [4.78, 5) is 9.74. The van der Waals surface area contributed by atoms with Crippen molar-refractivity contribution in [1.82, 2.24) is 0 Å². The van der Waals surface area contributed by atoms with Crippen LogP contribution in [0.1, 0.15) is 6.42 Å². The zero-order chi connectivity index (χ0) is 9.14. The molecule has 0 saturated heterocycles. The van der Waals surface area contributed by atoms with E-state index in [9.17, 15) is 10.1 Å². The van der Waals surface area contributed by atoms with Gasteiger partial charge >= 0.3 is 0 Å². The molecule has 0 aliphatic heterocycles. The Labute approximate surface area is 67.8 Å². The highest BCUT2D eigenvalue weighted by Crippen LogP contribution is 2.13. The number of nitrogens with two attached hydrogens (primary N) is 1. The van der Waals surface area contributed by atoms with Crippen LogP contribution >= 0.6 is 0 Å². The summed E-state index contributed by atoms with van der Waals surface area (Å²) in [7, 11) is 0. The molecule has 0 heterocycles. The normalized spacial score (nSPS) is 20.2. The van der Waals surface area contributed by atoms with Gasteiger partial charge in [-0.2, -0.15) is 0 Å². The minimum absolute atomic E-state index is 0.0351. The molecule has 0 aromatic rings. The smallest absolute Gasteiger partial charge is 0.274 e. The summed E-state index contributed by atoms with van der Waals surface area (Å²) in [5.41, 5.74) is 5.15. The van der Waals surface area contributed by atoms with Crippen LogP contribution in [0, 0.1) is 10.1 Å². The molecular formula is C6H7N3O3. The van der Waals surface area contributed by atoms with Gasteiger partial charge in [0, 0.05) is 0 Å². The number of nitro groups is 1. The number of nitrogens with zero attached hydrogens (tertiary/aromatic N) is 2. The fourth-order valence-corrected chi connectivity index (χ4v) is 0.890. The molecule has 6 nitrogen and oxygen atoms in total. The Hall–Kier alpha value is -1.85. The van der Waals surface area contributed by atoms with E-state index < -0.39 is 4.92 Å². The van der Waals surface area contributed by atoms with Crippen molar-refractivity contribution in [1.29, 1.82) is 0 Å². The van der Waals surface area contributed by atoms with Crippen LogP contribution in [0.3, 0.4) is 0 Å². The van der Waals surface area contributed by atoms with Crippen molar-refractivity contribution in [2.24, 2.45) is 10.9 Å². The summed E-state index contributed by atoms with van der Waals surface area (Å²) in [6.45, 7) is 0. The molecule has 6 heteroatoms. The number of oxime groups is 1. The van der Waals surface area contributed by atoms with Crippen LogP contribution < -0.4 is 5.73 Å². The molecule has 1 rings (SSSR count). The molecular weight excluding hydrogens is 162 g/mol. The molecule has 0 bridgehead atoms. The second-order valence-corrected chi connectivity index (χ2v) is 2.21. The first-order valence-corrected chi connectivity index (χ1v) is 3.18. The van der Waals surface area contributed by atoms with Crippen molar-refractivity contribution < 1.29 is 10.1 Å². The van der Waals surface area contributed by atoms with Crippen LogP contribution in [0.2, 0.25) is 0 Å². The van der Waals surface area contributed by atoms with Crippen LogP contribution in [0.25, 0.3) is 0 Å². The van der Waals surface area contributed by atoms with Crippen LogP contribution in [0.15, 0.2) is 28.7 Å². The molecule has 64 valence electrons. The fraction of sp³-hybridized carbons (Fsp3) is 0.167. The van der Waals surface area contributed by atoms with Gasteiger partial charge in [0.25, 0.3) is 5.70 Å². The maximum absolute atomic E-state index is 10.3. The molecule has 12 heavy (non-hydrogen) atoms. The Bertz CT molecular complexity index is 303. The molecule has 0 unspecified atom stereocenters. The lowest BCUT2D eigenvalue weighted by Gasteiger charge is -2.05. The van der Waals surface area contributed by atoms with Crippen molar-refractivity contribution in [3.63, 3.8) is 0 Å². The van der Waals surface area contributed by atoms with E-state index in [0.29, 0.717) is 0 Å². The quantitative estimate of drug-likeness (QED) is 0.333. The Morgan fingerprint density at radius 3 is 2.92 bits per heavy atom. The molecule has 0 atom stereocenters. The molecule has 0 radical (unpaired) electrons. The maximum Gasteiger partial charge on any atom is 0.274 e. The van der Waals surface area contributed by atoms with E-state index in [1.165, 1.54) is 12.2 Å². The molecule has 0 spiro atoms. The summed E-state index contributed by atoms with van der Waals surface area (Å²) >= 11 is 0. The van der Waals surface area contributed by atoms with Gasteiger partial charge in [0.15, 0.2) is 0 Å². The Kier molecular flexibility index (Phi) is 2.09. The van der Waals surface area contributed by atoms with E-state index in [1.54, 1.807) is 0 Å². The molecule has 0 aromatic carbocycles. The standard InChI is InChI=1S/C6H7N3O3/c7-6-4(8-10)2-1-3-5(6)9(11)12/h1-2,10H,3,7H2. The van der Waals surface area contributed by atoms with E-state index >= 15 is 0 Å². The predicted octanol–water partition coefficient (Wildman–Crippen LogP) is 0.224. The van der Waals surface area contributed by atoms with Crippen molar-refractivity contribution in [2.45, 2.75) is 6.42 Å². The summed E-state index contributed by atoms with van der Waals surface area (Å²) in [5.74, 6) is 0. The third kappa shape index (κ3) is 1.26. The first-order valence-electron chi connectivity index (χ1n) is 3.18. The van der Waals surface area contributed by atoms with Crippen molar-refractivity contribution >= 4 is 5.71 Å². The lowest BCUT2D eigenvalue weighted by molar-refractivity contribution is -0.427. The third-order valence-corrected chi connectivity index (χ3v) is 1.50. The minimum Gasteiger partial charge on any atom is -0.410 e. The van der Waals surface area contributed by atoms with Crippen molar-refractivity contribution in [3.05, 3.63) is 33.7 Å². The van der Waals surface area contributed by atoms with Crippen molar-refractivity contribution in [3.8, 4) is 0 Å². The van der Waals surface area contributed by atoms with E-state index in [1.807, 2.05) is 0 Å². The van der Waals surface area contributed by atoms with Crippen LogP contribution in [-0.4, -0.2) is 15.8 Å². The van der Waals surface area contributed by atoms with Crippen molar-refractivity contribution in [2.75, 3.05) is 0 Å². The highest BCUT2D eigenvalue weighted by atomic mass is 16.6. The average molecular weight is 169 g/mol. The van der Waals surface area contributed by atoms with E-state index in [0.717, 1.165) is 0 Å². The number of hydrogen-bond donors (Lipinski definition) is 2. The maximum atomic E-state index is 10.3. The molecule has 0 fully saturated rings. The first-order chi connectivity index (χ1) is 5.66. The summed E-state index contributed by atoms with van der Waals surface area (Å²) < 4.78 is 0. The van der Waals surface area contributed by atoms with Gasteiger partial charge in [-0.25, -0.2) is 0 Å². The van der Waals surface area contributed by atoms with E-state index in [2.05, 4.69) is 5.16 Å². The minimum atomic E-state index is -0.579. The highest BCUT2D eigenvalue weighted by molar-refractivity contribution is 6.08. The lowest BCUT2D eigenvalue weighted by Crippen LogP contribution is -2.19. The Balaban J connectivity index is 3.08. The summed E-state index contributed by atoms with van der Waals surface area (Å²) in [6.07, 6.45) is 3.11. The molecule has 0 aromatic heterocycles. The van der Waals surface area contributed by atoms with E-state index in [4.69, 9.17) is 10.9 Å². The number of hydrogen-bond acceptors (Lipinski definition) is 5. The lowest BCUT2D eigenvalue weighted by atomic mass is 10.1. The number of rotatable bonds is 1. The third-order valence-electron chi connectivity index (χ3n) is 1.50.